The fourth-order valence-corrected chi connectivity index (χ4v) is 1.42. The maximum absolute atomic E-state index is 4.98. The van der Waals surface area contributed by atoms with Gasteiger partial charge in [-0.3, -0.25) is 9.68 Å². The molecule has 0 saturated carbocycles. The van der Waals surface area contributed by atoms with Crippen LogP contribution in [0.3, 0.4) is 0 Å². The van der Waals surface area contributed by atoms with E-state index in [1.165, 1.54) is 16.4 Å². The Morgan fingerprint density at radius 3 is 2.00 bits per heavy atom. The molecule has 0 bridgehead atoms. The van der Waals surface area contributed by atoms with Gasteiger partial charge in [-0.05, 0) is 24.0 Å². The van der Waals surface area contributed by atoms with Crippen molar-refractivity contribution in [3.63, 3.8) is 0 Å². The SMILES string of the molecule is CCc1ccc(CCN(OC)OC)cc1. The van der Waals surface area contributed by atoms with Crippen LogP contribution in [0.1, 0.15) is 18.1 Å². The summed E-state index contributed by atoms with van der Waals surface area (Å²) in [7, 11) is 3.20. The third-order valence-electron chi connectivity index (χ3n) is 2.42. The molecule has 0 unspecified atom stereocenters. The topological polar surface area (TPSA) is 21.7 Å². The largest absolute Gasteiger partial charge is 0.278 e. The molecule has 84 valence electrons. The minimum absolute atomic E-state index is 0.735. The second-order valence-corrected chi connectivity index (χ2v) is 3.34. The summed E-state index contributed by atoms with van der Waals surface area (Å²) in [4.78, 5) is 9.95. The van der Waals surface area contributed by atoms with Crippen molar-refractivity contribution < 1.29 is 9.68 Å². The number of benzene rings is 1. The highest BCUT2D eigenvalue weighted by Crippen LogP contribution is 2.06. The van der Waals surface area contributed by atoms with Crippen LogP contribution in [0.15, 0.2) is 24.3 Å². The molecule has 0 aliphatic heterocycles. The lowest BCUT2D eigenvalue weighted by molar-refractivity contribution is -0.341. The van der Waals surface area contributed by atoms with Gasteiger partial charge < -0.3 is 0 Å². The Labute approximate surface area is 91.5 Å². The Morgan fingerprint density at radius 1 is 1.00 bits per heavy atom. The van der Waals surface area contributed by atoms with Gasteiger partial charge in [-0.15, -0.1) is 0 Å². The second-order valence-electron chi connectivity index (χ2n) is 3.34. The summed E-state index contributed by atoms with van der Waals surface area (Å²) < 4.78 is 0. The summed E-state index contributed by atoms with van der Waals surface area (Å²) in [6.07, 6.45) is 2.01. The van der Waals surface area contributed by atoms with Crippen LogP contribution >= 0.6 is 0 Å². The summed E-state index contributed by atoms with van der Waals surface area (Å²) >= 11 is 0. The Kier molecular flexibility index (Phi) is 5.32. The summed E-state index contributed by atoms with van der Waals surface area (Å²) in [5.41, 5.74) is 2.67. The summed E-state index contributed by atoms with van der Waals surface area (Å²) in [5.74, 6) is 0. The van der Waals surface area contributed by atoms with E-state index >= 15 is 0 Å². The highest BCUT2D eigenvalue weighted by molar-refractivity contribution is 5.22. The van der Waals surface area contributed by atoms with E-state index in [-0.39, 0.29) is 0 Å². The van der Waals surface area contributed by atoms with Gasteiger partial charge in [-0.1, -0.05) is 36.4 Å². The molecule has 0 spiro atoms. The van der Waals surface area contributed by atoms with Crippen molar-refractivity contribution in [1.29, 1.82) is 0 Å². The fourth-order valence-electron chi connectivity index (χ4n) is 1.42. The molecule has 3 heteroatoms. The minimum Gasteiger partial charge on any atom is -0.278 e. The van der Waals surface area contributed by atoms with Gasteiger partial charge in [0.25, 0.3) is 0 Å². The zero-order valence-electron chi connectivity index (χ0n) is 9.69. The molecule has 15 heavy (non-hydrogen) atoms. The quantitative estimate of drug-likeness (QED) is 0.670. The van der Waals surface area contributed by atoms with Crippen molar-refractivity contribution in [2.45, 2.75) is 19.8 Å². The first-order valence-corrected chi connectivity index (χ1v) is 5.23. The van der Waals surface area contributed by atoms with Crippen LogP contribution in [0.5, 0.6) is 0 Å². The van der Waals surface area contributed by atoms with Crippen LogP contribution in [0.2, 0.25) is 0 Å². The van der Waals surface area contributed by atoms with E-state index in [2.05, 4.69) is 31.2 Å². The summed E-state index contributed by atoms with van der Waals surface area (Å²) in [6.45, 7) is 2.89. The predicted octanol–water partition coefficient (Wildman–Crippen LogP) is 2.22. The number of rotatable bonds is 6. The van der Waals surface area contributed by atoms with Crippen LogP contribution in [0.25, 0.3) is 0 Å². The zero-order chi connectivity index (χ0) is 11.1. The molecule has 3 nitrogen and oxygen atoms in total. The molecule has 0 saturated heterocycles. The molecule has 0 amide bonds. The number of hydroxylamine groups is 2. The molecule has 1 aromatic rings. The molecule has 0 aliphatic rings. The second kappa shape index (κ2) is 6.56. The molecule has 0 aliphatic carbocycles. The first-order chi connectivity index (χ1) is 7.30. The maximum atomic E-state index is 4.98. The molecule has 0 aromatic heterocycles. The van der Waals surface area contributed by atoms with Gasteiger partial charge >= 0.3 is 0 Å². The molecule has 1 aromatic carbocycles. The first-order valence-electron chi connectivity index (χ1n) is 5.23. The van der Waals surface area contributed by atoms with E-state index in [1.54, 1.807) is 14.2 Å². The van der Waals surface area contributed by atoms with E-state index in [0.717, 1.165) is 19.4 Å². The van der Waals surface area contributed by atoms with Crippen LogP contribution < -0.4 is 0 Å². The van der Waals surface area contributed by atoms with Crippen molar-refractivity contribution in [3.05, 3.63) is 35.4 Å². The highest BCUT2D eigenvalue weighted by atomic mass is 16.9. The predicted molar refractivity (Wildman–Crippen MR) is 60.2 cm³/mol. The smallest absolute Gasteiger partial charge is 0.0601 e. The fraction of sp³-hybridized carbons (Fsp3) is 0.500. The lowest BCUT2D eigenvalue weighted by atomic mass is 10.1. The third-order valence-corrected chi connectivity index (χ3v) is 2.42. The molecule has 0 radical (unpaired) electrons. The van der Waals surface area contributed by atoms with Crippen molar-refractivity contribution in [1.82, 2.24) is 5.23 Å². The first kappa shape index (κ1) is 12.2. The van der Waals surface area contributed by atoms with E-state index in [0.29, 0.717) is 0 Å². The van der Waals surface area contributed by atoms with E-state index in [9.17, 15) is 0 Å². The number of hydrogen-bond donors (Lipinski definition) is 0. The van der Waals surface area contributed by atoms with Gasteiger partial charge in [-0.25, -0.2) is 0 Å². The number of aryl methyl sites for hydroxylation is 1. The van der Waals surface area contributed by atoms with Crippen LogP contribution in [-0.2, 0) is 22.5 Å². The minimum atomic E-state index is 0.735. The van der Waals surface area contributed by atoms with Crippen molar-refractivity contribution in [2.24, 2.45) is 0 Å². The van der Waals surface area contributed by atoms with Crippen molar-refractivity contribution >= 4 is 0 Å². The van der Waals surface area contributed by atoms with Crippen LogP contribution in [-0.4, -0.2) is 26.0 Å². The molecule has 0 fully saturated rings. The van der Waals surface area contributed by atoms with Crippen LogP contribution in [0, 0.1) is 0 Å². The average molecular weight is 209 g/mol. The molecular weight excluding hydrogens is 190 g/mol. The van der Waals surface area contributed by atoms with Gasteiger partial charge in [-0.2, -0.15) is 0 Å². The van der Waals surface area contributed by atoms with Gasteiger partial charge in [0, 0.05) is 0 Å². The Morgan fingerprint density at radius 2 is 1.53 bits per heavy atom. The Balaban J connectivity index is 2.43. The molecule has 0 heterocycles. The standard InChI is InChI=1S/C12H19NO2/c1-4-11-5-7-12(8-6-11)9-10-13(14-2)15-3/h5-8H,4,9-10H2,1-3H3. The summed E-state index contributed by atoms with van der Waals surface area (Å²) in [6, 6.07) is 8.64. The molecule has 1 rings (SSSR count). The number of hydrogen-bond acceptors (Lipinski definition) is 3. The van der Waals surface area contributed by atoms with Gasteiger partial charge in [0.15, 0.2) is 0 Å². The zero-order valence-corrected chi connectivity index (χ0v) is 9.69. The lowest BCUT2D eigenvalue weighted by Gasteiger charge is -2.15. The van der Waals surface area contributed by atoms with Gasteiger partial charge in [0.05, 0.1) is 20.8 Å². The van der Waals surface area contributed by atoms with E-state index < -0.39 is 0 Å². The lowest BCUT2D eigenvalue weighted by Crippen LogP contribution is -2.23. The third kappa shape index (κ3) is 4.00. The van der Waals surface area contributed by atoms with Crippen molar-refractivity contribution in [3.8, 4) is 0 Å². The average Bonchev–Trinajstić information content (AvgIpc) is 2.31. The highest BCUT2D eigenvalue weighted by Gasteiger charge is 2.01. The van der Waals surface area contributed by atoms with E-state index in [1.807, 2.05) is 0 Å². The normalized spacial score (nSPS) is 10.9. The summed E-state index contributed by atoms with van der Waals surface area (Å²) in [5, 5.41) is 1.47. The Hall–Kier alpha value is -0.900. The Bertz CT molecular complexity index is 267. The van der Waals surface area contributed by atoms with E-state index in [4.69, 9.17) is 9.68 Å². The van der Waals surface area contributed by atoms with Gasteiger partial charge in [0.1, 0.15) is 0 Å². The maximum Gasteiger partial charge on any atom is 0.0601 e. The van der Waals surface area contributed by atoms with Gasteiger partial charge in [0.2, 0.25) is 0 Å². The monoisotopic (exact) mass is 209 g/mol. The number of nitrogens with zero attached hydrogens (tertiary/aromatic N) is 1. The molecular formula is C12H19NO2. The molecule has 0 N–H and O–H groups in total. The van der Waals surface area contributed by atoms with Crippen LogP contribution in [0.4, 0.5) is 0 Å². The molecule has 0 atom stereocenters. The van der Waals surface area contributed by atoms with Crippen molar-refractivity contribution in [2.75, 3.05) is 20.8 Å².